The van der Waals surface area contributed by atoms with Crippen LogP contribution < -0.4 is 5.32 Å². The van der Waals surface area contributed by atoms with E-state index in [9.17, 15) is 8.78 Å². The molecular weight excluding hydrogens is 240 g/mol. The summed E-state index contributed by atoms with van der Waals surface area (Å²) in [5.74, 6) is -1.71. The third kappa shape index (κ3) is 5.91. The number of halogens is 2. The van der Waals surface area contributed by atoms with E-state index in [0.717, 1.165) is 12.1 Å². The van der Waals surface area contributed by atoms with Crippen LogP contribution >= 0.6 is 11.8 Å². The summed E-state index contributed by atoms with van der Waals surface area (Å²) in [6, 6.07) is 7.54. The molecule has 0 aliphatic heterocycles. The first-order valence-corrected chi connectivity index (χ1v) is 6.66. The quantitative estimate of drug-likeness (QED) is 0.733. The molecule has 0 aliphatic rings. The van der Waals surface area contributed by atoms with Crippen molar-refractivity contribution in [3.05, 3.63) is 24.3 Å². The number of anilines is 1. The SMILES string of the molecule is CC(C)CC(C)Nc1ccc(SC(F)F)cc1. The number of benzene rings is 1. The lowest BCUT2D eigenvalue weighted by Crippen LogP contribution is -2.17. The van der Waals surface area contributed by atoms with Crippen LogP contribution in [0.5, 0.6) is 0 Å². The van der Waals surface area contributed by atoms with Gasteiger partial charge in [-0.05, 0) is 43.5 Å². The van der Waals surface area contributed by atoms with Gasteiger partial charge in [-0.25, -0.2) is 0 Å². The second-order valence-electron chi connectivity index (χ2n) is 4.58. The Balaban J connectivity index is 2.50. The van der Waals surface area contributed by atoms with Gasteiger partial charge in [-0.2, -0.15) is 8.78 Å². The molecule has 4 heteroatoms. The maximum absolute atomic E-state index is 12.1. The minimum Gasteiger partial charge on any atom is -0.383 e. The predicted molar refractivity (Wildman–Crippen MR) is 70.8 cm³/mol. The summed E-state index contributed by atoms with van der Waals surface area (Å²) in [5.41, 5.74) is 0.983. The molecule has 0 heterocycles. The van der Waals surface area contributed by atoms with Crippen LogP contribution in [0.4, 0.5) is 14.5 Å². The zero-order chi connectivity index (χ0) is 12.8. The van der Waals surface area contributed by atoms with Crippen molar-refractivity contribution in [2.24, 2.45) is 5.92 Å². The Morgan fingerprint density at radius 1 is 1.12 bits per heavy atom. The number of hydrogen-bond donors (Lipinski definition) is 1. The first-order valence-electron chi connectivity index (χ1n) is 5.78. The zero-order valence-corrected chi connectivity index (χ0v) is 11.2. The van der Waals surface area contributed by atoms with Gasteiger partial charge in [0.1, 0.15) is 0 Å². The highest BCUT2D eigenvalue weighted by Crippen LogP contribution is 2.26. The van der Waals surface area contributed by atoms with E-state index in [1.807, 2.05) is 12.1 Å². The van der Waals surface area contributed by atoms with Crippen molar-refractivity contribution < 1.29 is 8.78 Å². The first kappa shape index (κ1) is 14.3. The molecule has 17 heavy (non-hydrogen) atoms. The molecular formula is C13H19F2NS. The Morgan fingerprint density at radius 3 is 2.18 bits per heavy atom. The van der Waals surface area contributed by atoms with Gasteiger partial charge in [0.05, 0.1) is 0 Å². The van der Waals surface area contributed by atoms with E-state index in [1.54, 1.807) is 12.1 Å². The fourth-order valence-electron chi connectivity index (χ4n) is 1.78. The maximum Gasteiger partial charge on any atom is 0.288 e. The molecule has 0 bridgehead atoms. The van der Waals surface area contributed by atoms with Crippen molar-refractivity contribution in [3.8, 4) is 0 Å². The van der Waals surface area contributed by atoms with Gasteiger partial charge in [0.2, 0.25) is 0 Å². The number of thioether (sulfide) groups is 1. The Kier molecular flexibility index (Phi) is 5.75. The number of rotatable bonds is 6. The third-order valence-corrected chi connectivity index (χ3v) is 3.04. The molecule has 0 amide bonds. The van der Waals surface area contributed by atoms with Crippen molar-refractivity contribution in [1.82, 2.24) is 0 Å². The standard InChI is InChI=1S/C13H19F2NS/c1-9(2)8-10(3)16-11-4-6-12(7-5-11)17-13(14)15/h4-7,9-10,13,16H,8H2,1-3H3. The third-order valence-electron chi connectivity index (χ3n) is 2.32. The van der Waals surface area contributed by atoms with Gasteiger partial charge in [0, 0.05) is 16.6 Å². The molecule has 1 nitrogen and oxygen atoms in total. The topological polar surface area (TPSA) is 12.0 Å². The molecule has 1 aromatic rings. The van der Waals surface area contributed by atoms with E-state index in [-0.39, 0.29) is 0 Å². The molecule has 0 radical (unpaired) electrons. The molecule has 0 aliphatic carbocycles. The van der Waals surface area contributed by atoms with Gasteiger partial charge in [-0.1, -0.05) is 25.6 Å². The highest BCUT2D eigenvalue weighted by atomic mass is 32.2. The molecule has 0 saturated heterocycles. The lowest BCUT2D eigenvalue weighted by atomic mass is 10.1. The van der Waals surface area contributed by atoms with E-state index in [1.165, 1.54) is 0 Å². The summed E-state index contributed by atoms with van der Waals surface area (Å²) in [4.78, 5) is 0.599. The van der Waals surface area contributed by atoms with Gasteiger partial charge >= 0.3 is 0 Å². The normalized spacial score (nSPS) is 13.1. The predicted octanol–water partition coefficient (Wildman–Crippen LogP) is 4.85. The Hall–Kier alpha value is -0.770. The minimum absolute atomic E-state index is 0.392. The highest BCUT2D eigenvalue weighted by molar-refractivity contribution is 7.99. The Bertz CT molecular complexity index is 325. The fourth-order valence-corrected chi connectivity index (χ4v) is 2.28. The van der Waals surface area contributed by atoms with Crippen LogP contribution in [0.3, 0.4) is 0 Å². The first-order chi connectivity index (χ1) is 7.97. The van der Waals surface area contributed by atoms with E-state index >= 15 is 0 Å². The van der Waals surface area contributed by atoms with Crippen molar-refractivity contribution >= 4 is 17.4 Å². The van der Waals surface area contributed by atoms with Crippen LogP contribution in [0.2, 0.25) is 0 Å². The zero-order valence-electron chi connectivity index (χ0n) is 10.4. The van der Waals surface area contributed by atoms with Gasteiger partial charge in [0.15, 0.2) is 0 Å². The highest BCUT2D eigenvalue weighted by Gasteiger charge is 2.07. The molecule has 0 fully saturated rings. The van der Waals surface area contributed by atoms with Crippen molar-refractivity contribution in [2.45, 2.75) is 43.9 Å². The van der Waals surface area contributed by atoms with Gasteiger partial charge in [-0.3, -0.25) is 0 Å². The summed E-state index contributed by atoms with van der Waals surface area (Å²) >= 11 is 0.576. The lowest BCUT2D eigenvalue weighted by molar-refractivity contribution is 0.252. The second kappa shape index (κ2) is 6.84. The van der Waals surface area contributed by atoms with Crippen LogP contribution in [-0.2, 0) is 0 Å². The van der Waals surface area contributed by atoms with Gasteiger partial charge < -0.3 is 5.32 Å². The van der Waals surface area contributed by atoms with Crippen molar-refractivity contribution in [1.29, 1.82) is 0 Å². The average molecular weight is 259 g/mol. The van der Waals surface area contributed by atoms with Crippen molar-refractivity contribution in [2.75, 3.05) is 5.32 Å². The average Bonchev–Trinajstić information content (AvgIpc) is 2.18. The lowest BCUT2D eigenvalue weighted by Gasteiger charge is -2.17. The van der Waals surface area contributed by atoms with Crippen LogP contribution in [0.1, 0.15) is 27.2 Å². The molecule has 0 aromatic heterocycles. The number of alkyl halides is 2. The Labute approximate surface area is 106 Å². The Morgan fingerprint density at radius 2 is 1.71 bits per heavy atom. The molecule has 0 saturated carbocycles. The van der Waals surface area contributed by atoms with Crippen LogP contribution in [-0.4, -0.2) is 11.8 Å². The molecule has 1 aromatic carbocycles. The van der Waals surface area contributed by atoms with Crippen LogP contribution in [0.15, 0.2) is 29.2 Å². The molecule has 1 unspecified atom stereocenters. The monoisotopic (exact) mass is 259 g/mol. The summed E-state index contributed by atoms with van der Waals surface area (Å²) in [7, 11) is 0. The van der Waals surface area contributed by atoms with E-state index in [2.05, 4.69) is 26.1 Å². The van der Waals surface area contributed by atoms with Gasteiger partial charge in [-0.15, -0.1) is 0 Å². The summed E-state index contributed by atoms with van der Waals surface area (Å²) in [5, 5.41) is 3.36. The fraction of sp³-hybridized carbons (Fsp3) is 0.538. The smallest absolute Gasteiger partial charge is 0.288 e. The maximum atomic E-state index is 12.1. The molecule has 96 valence electrons. The number of hydrogen-bond acceptors (Lipinski definition) is 2. The van der Waals surface area contributed by atoms with Gasteiger partial charge in [0.25, 0.3) is 5.76 Å². The van der Waals surface area contributed by atoms with Crippen LogP contribution in [0, 0.1) is 5.92 Å². The summed E-state index contributed by atoms with van der Waals surface area (Å²) < 4.78 is 24.2. The summed E-state index contributed by atoms with van der Waals surface area (Å²) in [6.45, 7) is 6.49. The molecule has 1 N–H and O–H groups in total. The molecule has 1 atom stereocenters. The molecule has 1 rings (SSSR count). The van der Waals surface area contributed by atoms with E-state index < -0.39 is 5.76 Å². The second-order valence-corrected chi connectivity index (χ2v) is 5.64. The van der Waals surface area contributed by atoms with E-state index in [4.69, 9.17) is 0 Å². The largest absolute Gasteiger partial charge is 0.383 e. The summed E-state index contributed by atoms with van der Waals surface area (Å²) in [6.07, 6.45) is 1.09. The van der Waals surface area contributed by atoms with E-state index in [0.29, 0.717) is 28.6 Å². The molecule has 0 spiro atoms. The van der Waals surface area contributed by atoms with Crippen molar-refractivity contribution in [3.63, 3.8) is 0 Å². The minimum atomic E-state index is -2.35. The number of nitrogens with one attached hydrogen (secondary N) is 1. The van der Waals surface area contributed by atoms with Crippen LogP contribution in [0.25, 0.3) is 0 Å².